The molecule has 2 rings (SSSR count). The third kappa shape index (κ3) is 3.52. The molecule has 0 spiro atoms. The molecule has 1 N–H and O–H groups in total. The van der Waals surface area contributed by atoms with Gasteiger partial charge in [-0.3, -0.25) is 9.59 Å². The highest BCUT2D eigenvalue weighted by Crippen LogP contribution is 2.19. The average Bonchev–Trinajstić information content (AvgIpc) is 2.97. The van der Waals surface area contributed by atoms with Crippen molar-refractivity contribution < 1.29 is 19.5 Å². The van der Waals surface area contributed by atoms with E-state index in [1.165, 1.54) is 4.90 Å². The number of amides is 1. The van der Waals surface area contributed by atoms with Crippen LogP contribution < -0.4 is 0 Å². The zero-order valence-electron chi connectivity index (χ0n) is 11.3. The fraction of sp³-hybridized carbons (Fsp3) is 0.333. The monoisotopic (exact) mass is 305 g/mol. The first kappa shape index (κ1) is 15.3. The van der Waals surface area contributed by atoms with E-state index in [-0.39, 0.29) is 17.1 Å². The van der Waals surface area contributed by atoms with Gasteiger partial charge in [0.25, 0.3) is 0 Å². The molecule has 1 aromatic carbocycles. The quantitative estimate of drug-likeness (QED) is 0.662. The smallest absolute Gasteiger partial charge is 0.326 e. The summed E-state index contributed by atoms with van der Waals surface area (Å²) in [7, 11) is 0. The summed E-state index contributed by atoms with van der Waals surface area (Å²) >= 11 is 5.03. The number of thiocarbonyl (C=S) groups is 1. The highest BCUT2D eigenvalue weighted by atomic mass is 32.1. The van der Waals surface area contributed by atoms with Gasteiger partial charge in [0.15, 0.2) is 5.78 Å². The number of ketones is 1. The number of carboxylic acid groups (broad SMARTS) is 1. The second-order valence-corrected chi connectivity index (χ2v) is 5.37. The molecular formula is C15H15NO4S. The summed E-state index contributed by atoms with van der Waals surface area (Å²) in [4.78, 5) is 36.6. The first-order valence-electron chi connectivity index (χ1n) is 6.65. The van der Waals surface area contributed by atoms with Gasteiger partial charge in [-0.25, -0.2) is 4.79 Å². The second kappa shape index (κ2) is 6.58. The van der Waals surface area contributed by atoms with Crippen molar-refractivity contribution in [1.82, 2.24) is 4.90 Å². The number of likely N-dealkylation sites (tertiary alicyclic amines) is 1. The van der Waals surface area contributed by atoms with Crippen molar-refractivity contribution in [3.63, 3.8) is 0 Å². The Morgan fingerprint density at radius 2 is 1.90 bits per heavy atom. The SMILES string of the molecule is O=C(C(=S)CC(=O)N1CCC[C@H]1C(=O)O)c1ccccc1. The molecule has 110 valence electrons. The van der Waals surface area contributed by atoms with Crippen LogP contribution in [0.15, 0.2) is 30.3 Å². The van der Waals surface area contributed by atoms with E-state index in [1.807, 2.05) is 0 Å². The van der Waals surface area contributed by atoms with Gasteiger partial charge in [-0.15, -0.1) is 0 Å². The standard InChI is InChI=1S/C15H15NO4S/c17-13(16-8-4-7-11(16)15(19)20)9-12(21)14(18)10-5-2-1-3-6-10/h1-3,5-6,11H,4,7-9H2,(H,19,20)/t11-/m0/s1. The van der Waals surface area contributed by atoms with E-state index in [2.05, 4.69) is 0 Å². The molecule has 0 saturated carbocycles. The lowest BCUT2D eigenvalue weighted by atomic mass is 10.1. The Kier molecular flexibility index (Phi) is 4.80. The van der Waals surface area contributed by atoms with E-state index in [0.29, 0.717) is 24.9 Å². The van der Waals surface area contributed by atoms with Crippen LogP contribution in [-0.4, -0.2) is 45.1 Å². The molecule has 0 aromatic heterocycles. The van der Waals surface area contributed by atoms with E-state index >= 15 is 0 Å². The van der Waals surface area contributed by atoms with Gasteiger partial charge in [0.1, 0.15) is 6.04 Å². The van der Waals surface area contributed by atoms with Gasteiger partial charge in [-0.2, -0.15) is 0 Å². The molecule has 1 atom stereocenters. The fourth-order valence-corrected chi connectivity index (χ4v) is 2.63. The summed E-state index contributed by atoms with van der Waals surface area (Å²) < 4.78 is 0. The van der Waals surface area contributed by atoms with E-state index in [1.54, 1.807) is 30.3 Å². The lowest BCUT2D eigenvalue weighted by Gasteiger charge is -2.21. The molecule has 0 aliphatic carbocycles. The normalized spacial score (nSPS) is 17.5. The van der Waals surface area contributed by atoms with Crippen LogP contribution in [-0.2, 0) is 9.59 Å². The highest BCUT2D eigenvalue weighted by Gasteiger charge is 2.34. The van der Waals surface area contributed by atoms with Crippen LogP contribution >= 0.6 is 12.2 Å². The molecule has 1 aliphatic rings. The molecule has 6 heteroatoms. The van der Waals surface area contributed by atoms with Crippen LogP contribution in [0, 0.1) is 0 Å². The summed E-state index contributed by atoms with van der Waals surface area (Å²) in [6.45, 7) is 0.401. The molecule has 5 nitrogen and oxygen atoms in total. The third-order valence-electron chi connectivity index (χ3n) is 3.46. The predicted molar refractivity (Wildman–Crippen MR) is 80.4 cm³/mol. The molecule has 1 heterocycles. The highest BCUT2D eigenvalue weighted by molar-refractivity contribution is 7.82. The van der Waals surface area contributed by atoms with Crippen LogP contribution in [0.4, 0.5) is 0 Å². The van der Waals surface area contributed by atoms with Crippen LogP contribution in [0.2, 0.25) is 0 Å². The number of carbonyl (C=O) groups excluding carboxylic acids is 2. The number of carbonyl (C=O) groups is 3. The number of rotatable bonds is 5. The van der Waals surface area contributed by atoms with Gasteiger partial charge < -0.3 is 10.0 Å². The van der Waals surface area contributed by atoms with Crippen LogP contribution in [0.25, 0.3) is 0 Å². The predicted octanol–water partition coefficient (Wildman–Crippen LogP) is 1.70. The fourth-order valence-electron chi connectivity index (χ4n) is 2.39. The zero-order chi connectivity index (χ0) is 15.4. The third-order valence-corrected chi connectivity index (χ3v) is 3.79. The number of Topliss-reactive ketones (excluding diaryl/α,β-unsaturated/α-hetero) is 1. The molecule has 0 radical (unpaired) electrons. The van der Waals surface area contributed by atoms with Crippen molar-refractivity contribution in [2.24, 2.45) is 0 Å². The number of hydrogen-bond donors (Lipinski definition) is 1. The molecule has 0 bridgehead atoms. The average molecular weight is 305 g/mol. The molecule has 1 amide bonds. The van der Waals surface area contributed by atoms with E-state index < -0.39 is 17.9 Å². The number of nitrogens with zero attached hydrogens (tertiary/aromatic N) is 1. The topological polar surface area (TPSA) is 74.7 Å². The number of benzene rings is 1. The molecule has 1 aliphatic heterocycles. The van der Waals surface area contributed by atoms with Crippen molar-refractivity contribution in [1.29, 1.82) is 0 Å². The lowest BCUT2D eigenvalue weighted by Crippen LogP contribution is -2.41. The maximum atomic E-state index is 12.1. The largest absolute Gasteiger partial charge is 0.480 e. The first-order valence-corrected chi connectivity index (χ1v) is 7.06. The Morgan fingerprint density at radius 3 is 2.52 bits per heavy atom. The summed E-state index contributed by atoms with van der Waals surface area (Å²) in [5.74, 6) is -1.76. The van der Waals surface area contributed by atoms with Gasteiger partial charge in [0, 0.05) is 12.1 Å². The Balaban J connectivity index is 2.01. The Labute approximate surface area is 127 Å². The number of hydrogen-bond acceptors (Lipinski definition) is 4. The molecule has 21 heavy (non-hydrogen) atoms. The van der Waals surface area contributed by atoms with Crippen molar-refractivity contribution in [3.05, 3.63) is 35.9 Å². The maximum absolute atomic E-state index is 12.1. The number of carboxylic acids is 1. The number of aliphatic carboxylic acids is 1. The van der Waals surface area contributed by atoms with E-state index in [9.17, 15) is 14.4 Å². The minimum Gasteiger partial charge on any atom is -0.480 e. The van der Waals surface area contributed by atoms with Crippen LogP contribution in [0.5, 0.6) is 0 Å². The van der Waals surface area contributed by atoms with Gasteiger partial charge >= 0.3 is 5.97 Å². The van der Waals surface area contributed by atoms with Gasteiger partial charge in [-0.1, -0.05) is 42.5 Å². The molecule has 1 saturated heterocycles. The van der Waals surface area contributed by atoms with Gasteiger partial charge in [0.05, 0.1) is 11.3 Å². The van der Waals surface area contributed by atoms with Crippen molar-refractivity contribution in [2.75, 3.05) is 6.54 Å². The van der Waals surface area contributed by atoms with E-state index in [0.717, 1.165) is 0 Å². The minimum absolute atomic E-state index is 0.0160. The van der Waals surface area contributed by atoms with Gasteiger partial charge in [-0.05, 0) is 12.8 Å². The summed E-state index contributed by atoms with van der Waals surface area (Å²) in [6, 6.07) is 7.69. The molecule has 0 unspecified atom stereocenters. The maximum Gasteiger partial charge on any atom is 0.326 e. The first-order chi connectivity index (χ1) is 10.0. The zero-order valence-corrected chi connectivity index (χ0v) is 12.1. The van der Waals surface area contributed by atoms with Crippen molar-refractivity contribution >= 4 is 34.7 Å². The molecular weight excluding hydrogens is 290 g/mol. The van der Waals surface area contributed by atoms with E-state index in [4.69, 9.17) is 17.3 Å². The Hall–Kier alpha value is -2.08. The summed E-state index contributed by atoms with van der Waals surface area (Å²) in [6.07, 6.45) is 0.884. The summed E-state index contributed by atoms with van der Waals surface area (Å²) in [5.41, 5.74) is 0.437. The van der Waals surface area contributed by atoms with Crippen molar-refractivity contribution in [3.8, 4) is 0 Å². The Bertz CT molecular complexity index is 585. The Morgan fingerprint density at radius 1 is 1.24 bits per heavy atom. The van der Waals surface area contributed by atoms with Crippen LogP contribution in [0.1, 0.15) is 29.6 Å². The summed E-state index contributed by atoms with van der Waals surface area (Å²) in [5, 5.41) is 9.06. The lowest BCUT2D eigenvalue weighted by molar-refractivity contribution is -0.147. The van der Waals surface area contributed by atoms with Gasteiger partial charge in [0.2, 0.25) is 5.91 Å². The minimum atomic E-state index is -1.01. The second-order valence-electron chi connectivity index (χ2n) is 4.88. The molecule has 1 fully saturated rings. The van der Waals surface area contributed by atoms with Crippen LogP contribution in [0.3, 0.4) is 0 Å². The van der Waals surface area contributed by atoms with Crippen molar-refractivity contribution in [2.45, 2.75) is 25.3 Å². The molecule has 1 aromatic rings.